The summed E-state index contributed by atoms with van der Waals surface area (Å²) < 4.78 is 5.63. The molecule has 0 bridgehead atoms. The SMILES string of the molecule is O=C(O)CC1CSCCN1C(=O)C1=Cc2ccccc2OC1. The van der Waals surface area contributed by atoms with Crippen molar-refractivity contribution in [2.45, 2.75) is 12.5 Å². The number of rotatable bonds is 3. The predicted octanol–water partition coefficient (Wildman–Crippen LogP) is 1.88. The van der Waals surface area contributed by atoms with Crippen molar-refractivity contribution >= 4 is 29.7 Å². The van der Waals surface area contributed by atoms with Gasteiger partial charge in [-0.25, -0.2) is 0 Å². The van der Waals surface area contributed by atoms with Crippen LogP contribution in [0.5, 0.6) is 5.75 Å². The summed E-state index contributed by atoms with van der Waals surface area (Å²) in [6.07, 6.45) is 1.84. The number of aliphatic carboxylic acids is 1. The maximum atomic E-state index is 12.7. The number of nitrogens with zero attached hydrogens (tertiary/aromatic N) is 1. The van der Waals surface area contributed by atoms with Crippen molar-refractivity contribution in [3.05, 3.63) is 35.4 Å². The zero-order valence-electron chi connectivity index (χ0n) is 12.0. The van der Waals surface area contributed by atoms with Crippen LogP contribution in [0.1, 0.15) is 12.0 Å². The second-order valence-electron chi connectivity index (χ2n) is 5.32. The lowest BCUT2D eigenvalue weighted by Gasteiger charge is -2.35. The molecule has 0 spiro atoms. The van der Waals surface area contributed by atoms with Gasteiger partial charge in [-0.1, -0.05) is 18.2 Å². The van der Waals surface area contributed by atoms with Gasteiger partial charge in [-0.2, -0.15) is 11.8 Å². The Balaban J connectivity index is 1.81. The fourth-order valence-electron chi connectivity index (χ4n) is 2.72. The molecule has 1 unspecified atom stereocenters. The molecule has 22 heavy (non-hydrogen) atoms. The zero-order chi connectivity index (χ0) is 15.5. The highest BCUT2D eigenvalue weighted by atomic mass is 32.2. The summed E-state index contributed by atoms with van der Waals surface area (Å²) in [7, 11) is 0. The molecule has 6 heteroatoms. The van der Waals surface area contributed by atoms with Gasteiger partial charge < -0.3 is 14.7 Å². The van der Waals surface area contributed by atoms with Crippen molar-refractivity contribution in [3.63, 3.8) is 0 Å². The maximum Gasteiger partial charge on any atom is 0.305 e. The van der Waals surface area contributed by atoms with E-state index in [1.807, 2.05) is 30.3 Å². The second-order valence-corrected chi connectivity index (χ2v) is 6.47. The van der Waals surface area contributed by atoms with Crippen LogP contribution in [0.3, 0.4) is 0 Å². The van der Waals surface area contributed by atoms with E-state index in [0.29, 0.717) is 17.9 Å². The number of hydrogen-bond donors (Lipinski definition) is 1. The minimum atomic E-state index is -0.871. The van der Waals surface area contributed by atoms with Crippen LogP contribution in [0, 0.1) is 0 Å². The average molecular weight is 319 g/mol. The lowest BCUT2D eigenvalue weighted by molar-refractivity contribution is -0.139. The third kappa shape index (κ3) is 3.11. The van der Waals surface area contributed by atoms with Crippen LogP contribution in [0.25, 0.3) is 6.08 Å². The van der Waals surface area contributed by atoms with Gasteiger partial charge in [0, 0.05) is 23.6 Å². The molecule has 0 aliphatic carbocycles. The van der Waals surface area contributed by atoms with E-state index in [4.69, 9.17) is 9.84 Å². The van der Waals surface area contributed by atoms with E-state index in [1.165, 1.54) is 0 Å². The summed E-state index contributed by atoms with van der Waals surface area (Å²) in [5, 5.41) is 9.02. The van der Waals surface area contributed by atoms with Crippen LogP contribution in [-0.4, -0.2) is 52.6 Å². The molecule has 2 heterocycles. The van der Waals surface area contributed by atoms with Gasteiger partial charge >= 0.3 is 5.97 Å². The third-order valence-corrected chi connectivity index (χ3v) is 4.90. The number of carbonyl (C=O) groups is 2. The molecule has 0 radical (unpaired) electrons. The molecule has 1 N–H and O–H groups in total. The molecule has 116 valence electrons. The summed E-state index contributed by atoms with van der Waals surface area (Å²) in [5.74, 6) is 1.30. The lowest BCUT2D eigenvalue weighted by Crippen LogP contribution is -2.48. The molecule has 1 saturated heterocycles. The van der Waals surface area contributed by atoms with Gasteiger partial charge in [-0.05, 0) is 12.1 Å². The van der Waals surface area contributed by atoms with Gasteiger partial charge in [0.2, 0.25) is 0 Å². The van der Waals surface area contributed by atoms with Gasteiger partial charge in [-0.15, -0.1) is 0 Å². The number of ether oxygens (including phenoxy) is 1. The van der Waals surface area contributed by atoms with Crippen LogP contribution in [0.2, 0.25) is 0 Å². The molecular formula is C16H17NO4S. The summed E-state index contributed by atoms with van der Waals surface area (Å²) in [6, 6.07) is 7.32. The fourth-order valence-corrected chi connectivity index (χ4v) is 3.78. The molecule has 2 aliphatic rings. The smallest absolute Gasteiger partial charge is 0.305 e. The third-order valence-electron chi connectivity index (χ3n) is 3.81. The van der Waals surface area contributed by atoms with Crippen molar-refractivity contribution < 1.29 is 19.4 Å². The minimum Gasteiger partial charge on any atom is -0.488 e. The Morgan fingerprint density at radius 1 is 1.36 bits per heavy atom. The molecule has 1 amide bonds. The molecule has 1 fully saturated rings. The molecule has 1 aromatic carbocycles. The molecule has 5 nitrogen and oxygen atoms in total. The topological polar surface area (TPSA) is 66.8 Å². The second kappa shape index (κ2) is 6.44. The number of carboxylic acids is 1. The summed E-state index contributed by atoms with van der Waals surface area (Å²) >= 11 is 1.69. The summed E-state index contributed by atoms with van der Waals surface area (Å²) in [6.45, 7) is 0.819. The first kappa shape index (κ1) is 15.0. The van der Waals surface area contributed by atoms with Crippen molar-refractivity contribution in [2.24, 2.45) is 0 Å². The number of fused-ring (bicyclic) bond motifs is 1. The number of carbonyl (C=O) groups excluding carboxylic acids is 1. The number of hydrogen-bond acceptors (Lipinski definition) is 4. The Bertz CT molecular complexity index is 628. The van der Waals surface area contributed by atoms with E-state index in [-0.39, 0.29) is 25.0 Å². The highest BCUT2D eigenvalue weighted by molar-refractivity contribution is 7.99. The van der Waals surface area contributed by atoms with Crippen molar-refractivity contribution in [1.82, 2.24) is 4.90 Å². The van der Waals surface area contributed by atoms with E-state index in [9.17, 15) is 9.59 Å². The Morgan fingerprint density at radius 2 is 2.18 bits per heavy atom. The minimum absolute atomic E-state index is 0.0105. The standard InChI is InChI=1S/C16H17NO4S/c18-15(19)8-13-10-22-6-5-17(13)16(20)12-7-11-3-1-2-4-14(11)21-9-12/h1-4,7,13H,5-6,8-10H2,(H,18,19). The Hall–Kier alpha value is -1.95. The Labute approximate surface area is 132 Å². The van der Waals surface area contributed by atoms with Crippen molar-refractivity contribution in [3.8, 4) is 5.75 Å². The van der Waals surface area contributed by atoms with Crippen LogP contribution in [-0.2, 0) is 9.59 Å². The highest BCUT2D eigenvalue weighted by Gasteiger charge is 2.31. The quantitative estimate of drug-likeness (QED) is 0.921. The van der Waals surface area contributed by atoms with Gasteiger partial charge in [0.15, 0.2) is 0 Å². The van der Waals surface area contributed by atoms with E-state index < -0.39 is 5.97 Å². The fraction of sp³-hybridized carbons (Fsp3) is 0.375. The summed E-state index contributed by atoms with van der Waals surface area (Å²) in [5.41, 5.74) is 1.47. The van der Waals surface area contributed by atoms with E-state index in [2.05, 4.69) is 0 Å². The van der Waals surface area contributed by atoms with Crippen LogP contribution in [0.4, 0.5) is 0 Å². The number of benzene rings is 1. The number of carboxylic acid groups (broad SMARTS) is 1. The maximum absolute atomic E-state index is 12.7. The molecule has 1 aromatic rings. The van der Waals surface area contributed by atoms with Crippen LogP contribution >= 0.6 is 11.8 Å². The Kier molecular flexibility index (Phi) is 4.38. The largest absolute Gasteiger partial charge is 0.488 e. The molecule has 0 aromatic heterocycles. The molecule has 2 aliphatic heterocycles. The molecule has 3 rings (SSSR count). The average Bonchev–Trinajstić information content (AvgIpc) is 2.54. The first-order valence-corrected chi connectivity index (χ1v) is 8.33. The normalized spacial score (nSPS) is 20.6. The van der Waals surface area contributed by atoms with Crippen LogP contribution in [0.15, 0.2) is 29.8 Å². The molecule has 1 atom stereocenters. The highest BCUT2D eigenvalue weighted by Crippen LogP contribution is 2.28. The van der Waals surface area contributed by atoms with E-state index in [1.54, 1.807) is 16.7 Å². The predicted molar refractivity (Wildman–Crippen MR) is 85.0 cm³/mol. The molecule has 0 saturated carbocycles. The van der Waals surface area contributed by atoms with E-state index >= 15 is 0 Å². The lowest BCUT2D eigenvalue weighted by atomic mass is 10.1. The Morgan fingerprint density at radius 3 is 3.00 bits per heavy atom. The zero-order valence-corrected chi connectivity index (χ0v) is 12.8. The first-order chi connectivity index (χ1) is 10.6. The van der Waals surface area contributed by atoms with Crippen LogP contribution < -0.4 is 4.74 Å². The van der Waals surface area contributed by atoms with Gasteiger partial charge in [0.1, 0.15) is 12.4 Å². The summed E-state index contributed by atoms with van der Waals surface area (Å²) in [4.78, 5) is 25.4. The number of thioether (sulfide) groups is 1. The number of para-hydroxylation sites is 1. The first-order valence-electron chi connectivity index (χ1n) is 7.18. The van der Waals surface area contributed by atoms with Gasteiger partial charge in [0.25, 0.3) is 5.91 Å². The molecular weight excluding hydrogens is 302 g/mol. The monoisotopic (exact) mass is 319 g/mol. The van der Waals surface area contributed by atoms with Gasteiger partial charge in [-0.3, -0.25) is 9.59 Å². The van der Waals surface area contributed by atoms with E-state index in [0.717, 1.165) is 17.1 Å². The number of amides is 1. The van der Waals surface area contributed by atoms with Crippen molar-refractivity contribution in [2.75, 3.05) is 24.7 Å². The van der Waals surface area contributed by atoms with Crippen molar-refractivity contribution in [1.29, 1.82) is 0 Å². The van der Waals surface area contributed by atoms with Gasteiger partial charge in [0.05, 0.1) is 18.0 Å².